The van der Waals surface area contributed by atoms with Gasteiger partial charge < -0.3 is 9.84 Å². The van der Waals surface area contributed by atoms with Gasteiger partial charge in [-0.25, -0.2) is 0 Å². The number of aliphatic hydroxyl groups excluding tert-OH is 1. The van der Waals surface area contributed by atoms with Crippen LogP contribution in [0.15, 0.2) is 48.5 Å². The summed E-state index contributed by atoms with van der Waals surface area (Å²) in [5.74, 6) is 0.655. The maximum Gasteiger partial charge on any atom is 0.416 e. The van der Waals surface area contributed by atoms with Crippen LogP contribution in [0.4, 0.5) is 13.2 Å². The highest BCUT2D eigenvalue weighted by molar-refractivity contribution is 5.36. The molecule has 0 amide bonds. The van der Waals surface area contributed by atoms with Gasteiger partial charge in [-0.05, 0) is 48.2 Å². The Kier molecular flexibility index (Phi) is 4.06. The van der Waals surface area contributed by atoms with E-state index in [-0.39, 0.29) is 18.6 Å². The van der Waals surface area contributed by atoms with Gasteiger partial charge in [0.15, 0.2) is 0 Å². The number of ether oxygens (including phenoxy) is 1. The first-order valence-corrected chi connectivity index (χ1v) is 7.43. The highest BCUT2D eigenvalue weighted by atomic mass is 19.4. The molecule has 1 aliphatic rings. The van der Waals surface area contributed by atoms with Crippen molar-refractivity contribution in [2.45, 2.75) is 31.0 Å². The molecule has 1 saturated carbocycles. The number of hydrogen-bond acceptors (Lipinski definition) is 2. The van der Waals surface area contributed by atoms with E-state index in [1.165, 1.54) is 12.1 Å². The molecule has 0 saturated heterocycles. The summed E-state index contributed by atoms with van der Waals surface area (Å²) in [6.45, 7) is 0.362. The summed E-state index contributed by atoms with van der Waals surface area (Å²) in [6, 6.07) is 12.5. The van der Waals surface area contributed by atoms with Crippen LogP contribution in [0.2, 0.25) is 0 Å². The minimum Gasteiger partial charge on any atom is -0.489 e. The summed E-state index contributed by atoms with van der Waals surface area (Å²) in [5.41, 5.74) is 1.04. The third kappa shape index (κ3) is 3.50. The third-order valence-corrected chi connectivity index (χ3v) is 4.31. The van der Waals surface area contributed by atoms with Gasteiger partial charge in [-0.3, -0.25) is 0 Å². The summed E-state index contributed by atoms with van der Waals surface area (Å²) in [4.78, 5) is 0. The van der Waals surface area contributed by atoms with Crippen molar-refractivity contribution in [3.63, 3.8) is 0 Å². The molecule has 0 spiro atoms. The largest absolute Gasteiger partial charge is 0.489 e. The lowest BCUT2D eigenvalue weighted by molar-refractivity contribution is -0.137. The average molecular weight is 322 g/mol. The molecule has 2 aromatic carbocycles. The van der Waals surface area contributed by atoms with Crippen molar-refractivity contribution in [3.8, 4) is 5.75 Å². The standard InChI is InChI=1S/C18H17F3O2/c19-18(20,21)15-3-1-13(2-4-15)11-23-16-7-5-14(6-8-16)17(12-22)9-10-17/h1-8,22H,9-12H2. The van der Waals surface area contributed by atoms with E-state index in [1.807, 2.05) is 24.3 Å². The average Bonchev–Trinajstić information content (AvgIpc) is 3.34. The van der Waals surface area contributed by atoms with E-state index in [2.05, 4.69) is 0 Å². The smallest absolute Gasteiger partial charge is 0.416 e. The molecule has 0 unspecified atom stereocenters. The van der Waals surface area contributed by atoms with E-state index < -0.39 is 11.7 Å². The molecule has 1 fully saturated rings. The summed E-state index contributed by atoms with van der Waals surface area (Å²) in [5, 5.41) is 9.40. The molecule has 0 heterocycles. The van der Waals surface area contributed by atoms with Crippen LogP contribution >= 0.6 is 0 Å². The van der Waals surface area contributed by atoms with Crippen LogP contribution < -0.4 is 4.74 Å². The Balaban J connectivity index is 1.60. The lowest BCUT2D eigenvalue weighted by Crippen LogP contribution is -2.11. The molecule has 122 valence electrons. The van der Waals surface area contributed by atoms with Gasteiger partial charge in [0, 0.05) is 5.41 Å². The first kappa shape index (κ1) is 15.9. The monoisotopic (exact) mass is 322 g/mol. The molecule has 0 bridgehead atoms. The van der Waals surface area contributed by atoms with Crippen molar-refractivity contribution >= 4 is 0 Å². The predicted octanol–water partition coefficient (Wildman–Crippen LogP) is 4.31. The first-order chi connectivity index (χ1) is 10.9. The van der Waals surface area contributed by atoms with E-state index in [0.29, 0.717) is 11.3 Å². The fourth-order valence-corrected chi connectivity index (χ4v) is 2.55. The Bertz CT molecular complexity index is 656. The topological polar surface area (TPSA) is 29.5 Å². The number of halogens is 3. The third-order valence-electron chi connectivity index (χ3n) is 4.31. The molecule has 0 atom stereocenters. The van der Waals surface area contributed by atoms with Crippen molar-refractivity contribution in [1.82, 2.24) is 0 Å². The Hall–Kier alpha value is -2.01. The number of hydrogen-bond donors (Lipinski definition) is 1. The Morgan fingerprint density at radius 1 is 0.957 bits per heavy atom. The summed E-state index contributed by atoms with van der Waals surface area (Å²) in [6.07, 6.45) is -2.33. The van der Waals surface area contributed by atoms with Crippen LogP contribution in [-0.4, -0.2) is 11.7 Å². The molecular weight excluding hydrogens is 305 g/mol. The van der Waals surface area contributed by atoms with E-state index in [1.54, 1.807) is 0 Å². The Morgan fingerprint density at radius 3 is 2.04 bits per heavy atom. The number of rotatable bonds is 5. The summed E-state index contributed by atoms with van der Waals surface area (Å²) in [7, 11) is 0. The molecule has 1 N–H and O–H groups in total. The molecule has 5 heteroatoms. The maximum absolute atomic E-state index is 12.5. The van der Waals surface area contributed by atoms with Gasteiger partial charge >= 0.3 is 6.18 Å². The van der Waals surface area contributed by atoms with Gasteiger partial charge in [0.1, 0.15) is 12.4 Å². The zero-order valence-electron chi connectivity index (χ0n) is 12.4. The number of benzene rings is 2. The van der Waals surface area contributed by atoms with Crippen LogP contribution in [-0.2, 0) is 18.2 Å². The molecule has 0 aliphatic heterocycles. The van der Waals surface area contributed by atoms with Crippen LogP contribution in [0.25, 0.3) is 0 Å². The molecule has 23 heavy (non-hydrogen) atoms. The first-order valence-electron chi connectivity index (χ1n) is 7.43. The van der Waals surface area contributed by atoms with Crippen LogP contribution in [0.1, 0.15) is 29.5 Å². The Labute approximate surface area is 132 Å². The molecule has 0 aromatic heterocycles. The fraction of sp³-hybridized carbons (Fsp3) is 0.333. The maximum atomic E-state index is 12.5. The second kappa shape index (κ2) is 5.89. The normalized spacial score (nSPS) is 16.2. The number of aliphatic hydroxyl groups is 1. The lowest BCUT2D eigenvalue weighted by atomic mass is 9.97. The zero-order chi connectivity index (χ0) is 16.5. The highest BCUT2D eigenvalue weighted by Gasteiger charge is 2.43. The van der Waals surface area contributed by atoms with Crippen molar-refractivity contribution < 1.29 is 23.0 Å². The van der Waals surface area contributed by atoms with E-state index >= 15 is 0 Å². The van der Waals surface area contributed by atoms with E-state index in [9.17, 15) is 18.3 Å². The molecule has 3 rings (SSSR count). The SMILES string of the molecule is OCC1(c2ccc(OCc3ccc(C(F)(F)F)cc3)cc2)CC1. The van der Waals surface area contributed by atoms with Crippen LogP contribution in [0, 0.1) is 0 Å². The number of alkyl halides is 3. The van der Waals surface area contributed by atoms with Crippen molar-refractivity contribution in [2.24, 2.45) is 0 Å². The quantitative estimate of drug-likeness (QED) is 0.889. The minimum absolute atomic E-state index is 0.0774. The second-order valence-electron chi connectivity index (χ2n) is 5.95. The minimum atomic E-state index is -4.32. The van der Waals surface area contributed by atoms with Crippen LogP contribution in [0.3, 0.4) is 0 Å². The van der Waals surface area contributed by atoms with Gasteiger partial charge in [-0.1, -0.05) is 24.3 Å². The molecule has 2 aromatic rings. The highest BCUT2D eigenvalue weighted by Crippen LogP contribution is 2.47. The lowest BCUT2D eigenvalue weighted by Gasteiger charge is -2.13. The van der Waals surface area contributed by atoms with Gasteiger partial charge in [-0.2, -0.15) is 13.2 Å². The van der Waals surface area contributed by atoms with E-state index in [0.717, 1.165) is 30.5 Å². The molecule has 2 nitrogen and oxygen atoms in total. The Morgan fingerprint density at radius 2 is 1.57 bits per heavy atom. The van der Waals surface area contributed by atoms with Gasteiger partial charge in [-0.15, -0.1) is 0 Å². The van der Waals surface area contributed by atoms with Crippen molar-refractivity contribution in [2.75, 3.05) is 6.61 Å². The zero-order valence-corrected chi connectivity index (χ0v) is 12.4. The second-order valence-corrected chi connectivity index (χ2v) is 5.95. The summed E-state index contributed by atoms with van der Waals surface area (Å²) >= 11 is 0. The van der Waals surface area contributed by atoms with Crippen molar-refractivity contribution in [1.29, 1.82) is 0 Å². The predicted molar refractivity (Wildman–Crippen MR) is 80.2 cm³/mol. The molecule has 0 radical (unpaired) electrons. The summed E-state index contributed by atoms with van der Waals surface area (Å²) < 4.78 is 43.1. The van der Waals surface area contributed by atoms with Gasteiger partial charge in [0.25, 0.3) is 0 Å². The van der Waals surface area contributed by atoms with Gasteiger partial charge in [0.2, 0.25) is 0 Å². The van der Waals surface area contributed by atoms with Crippen molar-refractivity contribution in [3.05, 3.63) is 65.2 Å². The molecular formula is C18H17F3O2. The fourth-order valence-electron chi connectivity index (χ4n) is 2.55. The molecule has 1 aliphatic carbocycles. The van der Waals surface area contributed by atoms with E-state index in [4.69, 9.17) is 4.74 Å². The van der Waals surface area contributed by atoms with Gasteiger partial charge in [0.05, 0.1) is 12.2 Å². The van der Waals surface area contributed by atoms with Crippen LogP contribution in [0.5, 0.6) is 5.75 Å².